The van der Waals surface area contributed by atoms with Crippen LogP contribution in [-0.2, 0) is 0 Å². The van der Waals surface area contributed by atoms with E-state index in [0.717, 1.165) is 10.1 Å². The van der Waals surface area contributed by atoms with Crippen molar-refractivity contribution < 1.29 is 14.3 Å². The lowest BCUT2D eigenvalue weighted by molar-refractivity contribution is 0.318. The monoisotopic (exact) mass is 571 g/mol. The first kappa shape index (κ1) is 23.4. The Balaban J connectivity index is 1.72. The summed E-state index contributed by atoms with van der Waals surface area (Å²) < 4.78 is 13.0. The standard InChI is InChI=1S/C25H16BrCl2N3O4/c1-2-34-19-11-14(21(26)22(28)23(19)32)12-29-31-24(30-17-6-4-3-5-16(17)25(31)33)20-10-13-9-15(27)7-8-18(13)35-20/h3-12,32H,2H2,1H3. The van der Waals surface area contributed by atoms with Gasteiger partial charge in [0.15, 0.2) is 17.3 Å². The number of aromatic hydroxyl groups is 1. The highest BCUT2D eigenvalue weighted by Gasteiger charge is 2.18. The highest BCUT2D eigenvalue weighted by atomic mass is 79.9. The summed E-state index contributed by atoms with van der Waals surface area (Å²) in [7, 11) is 0. The molecular weight excluding hydrogens is 557 g/mol. The minimum absolute atomic E-state index is 0.0655. The summed E-state index contributed by atoms with van der Waals surface area (Å²) >= 11 is 15.7. The van der Waals surface area contributed by atoms with Crippen molar-refractivity contribution in [1.82, 2.24) is 9.66 Å². The summed E-state index contributed by atoms with van der Waals surface area (Å²) in [6.07, 6.45) is 1.43. The Kier molecular flexibility index (Phi) is 6.27. The zero-order chi connectivity index (χ0) is 24.7. The van der Waals surface area contributed by atoms with Crippen LogP contribution in [0.15, 0.2) is 73.4 Å². The van der Waals surface area contributed by atoms with Gasteiger partial charge in [-0.05, 0) is 65.3 Å². The number of rotatable bonds is 5. The molecule has 0 radical (unpaired) electrons. The Morgan fingerprint density at radius 1 is 1.20 bits per heavy atom. The van der Waals surface area contributed by atoms with Crippen LogP contribution in [0.5, 0.6) is 11.5 Å². The quantitative estimate of drug-likeness (QED) is 0.232. The van der Waals surface area contributed by atoms with E-state index >= 15 is 0 Å². The van der Waals surface area contributed by atoms with Gasteiger partial charge in [-0.25, -0.2) is 4.98 Å². The fourth-order valence-corrected chi connectivity index (χ4v) is 4.39. The average Bonchev–Trinajstić information content (AvgIpc) is 3.27. The number of furan rings is 1. The SMILES string of the molecule is CCOc1cc(C=Nn2c(-c3cc4cc(Cl)ccc4o3)nc3ccccc3c2=O)c(Br)c(Cl)c1O. The number of aromatic nitrogens is 2. The van der Waals surface area contributed by atoms with Gasteiger partial charge >= 0.3 is 0 Å². The van der Waals surface area contributed by atoms with Crippen LogP contribution in [-0.4, -0.2) is 27.6 Å². The number of phenolic OH excluding ortho intramolecular Hbond substituents is 1. The summed E-state index contributed by atoms with van der Waals surface area (Å²) in [5.74, 6) is 0.563. The molecule has 7 nitrogen and oxygen atoms in total. The number of hydrogen-bond acceptors (Lipinski definition) is 6. The van der Waals surface area contributed by atoms with Gasteiger partial charge in [0.2, 0.25) is 5.82 Å². The van der Waals surface area contributed by atoms with E-state index in [-0.39, 0.29) is 27.9 Å². The molecule has 0 aliphatic carbocycles. The van der Waals surface area contributed by atoms with Gasteiger partial charge in [0.25, 0.3) is 5.56 Å². The zero-order valence-corrected chi connectivity index (χ0v) is 21.2. The van der Waals surface area contributed by atoms with Gasteiger partial charge < -0.3 is 14.3 Å². The maximum atomic E-state index is 13.4. The Labute approximate surface area is 217 Å². The number of nitrogens with zero attached hydrogens (tertiary/aromatic N) is 3. The average molecular weight is 573 g/mol. The summed E-state index contributed by atoms with van der Waals surface area (Å²) in [5.41, 5.74) is 1.20. The molecule has 0 saturated heterocycles. The molecule has 5 rings (SSSR count). The molecule has 176 valence electrons. The first-order chi connectivity index (χ1) is 16.9. The fourth-order valence-electron chi connectivity index (χ4n) is 3.61. The van der Waals surface area contributed by atoms with Crippen molar-refractivity contribution in [2.75, 3.05) is 6.61 Å². The van der Waals surface area contributed by atoms with Gasteiger partial charge in [0, 0.05) is 20.4 Å². The molecule has 0 spiro atoms. The first-order valence-corrected chi connectivity index (χ1v) is 12.0. The predicted molar refractivity (Wildman–Crippen MR) is 141 cm³/mol. The second kappa shape index (κ2) is 9.37. The molecule has 5 aromatic rings. The summed E-state index contributed by atoms with van der Waals surface area (Å²) in [4.78, 5) is 18.1. The van der Waals surface area contributed by atoms with Crippen molar-refractivity contribution in [3.8, 4) is 23.1 Å². The summed E-state index contributed by atoms with van der Waals surface area (Å²) in [5, 5.41) is 16.5. The number of para-hydroxylation sites is 1. The zero-order valence-electron chi connectivity index (χ0n) is 18.1. The number of benzene rings is 3. The molecule has 10 heteroatoms. The van der Waals surface area contributed by atoms with Crippen molar-refractivity contribution in [3.05, 3.63) is 85.0 Å². The maximum absolute atomic E-state index is 13.4. The topological polar surface area (TPSA) is 89.9 Å². The van der Waals surface area contributed by atoms with Crippen LogP contribution >= 0.6 is 39.1 Å². The van der Waals surface area contributed by atoms with Crippen LogP contribution in [0.25, 0.3) is 33.5 Å². The number of halogens is 3. The Bertz CT molecular complexity index is 1690. The van der Waals surface area contributed by atoms with Crippen molar-refractivity contribution >= 4 is 67.2 Å². The van der Waals surface area contributed by atoms with Crippen molar-refractivity contribution in [3.63, 3.8) is 0 Å². The molecule has 2 heterocycles. The molecule has 2 aromatic heterocycles. The van der Waals surface area contributed by atoms with E-state index in [1.165, 1.54) is 6.21 Å². The molecule has 3 aromatic carbocycles. The number of phenols is 1. The van der Waals surface area contributed by atoms with E-state index in [1.54, 1.807) is 61.5 Å². The van der Waals surface area contributed by atoms with Gasteiger partial charge in [0.1, 0.15) is 10.6 Å². The van der Waals surface area contributed by atoms with E-state index < -0.39 is 0 Å². The second-order valence-corrected chi connectivity index (χ2v) is 9.09. The minimum Gasteiger partial charge on any atom is -0.503 e. The predicted octanol–water partition coefficient (Wildman–Crippen LogP) is 6.87. The van der Waals surface area contributed by atoms with Crippen LogP contribution < -0.4 is 10.3 Å². The Morgan fingerprint density at radius 3 is 2.80 bits per heavy atom. The van der Waals surface area contributed by atoms with Crippen LogP contribution in [0, 0.1) is 0 Å². The van der Waals surface area contributed by atoms with Gasteiger partial charge in [0.05, 0.1) is 23.7 Å². The van der Waals surface area contributed by atoms with E-state index in [1.807, 2.05) is 0 Å². The van der Waals surface area contributed by atoms with Crippen molar-refractivity contribution in [2.45, 2.75) is 6.92 Å². The van der Waals surface area contributed by atoms with Crippen LogP contribution in [0.1, 0.15) is 12.5 Å². The maximum Gasteiger partial charge on any atom is 0.282 e. The molecule has 0 amide bonds. The summed E-state index contributed by atoms with van der Waals surface area (Å²) in [6, 6.07) is 15.5. The lowest BCUT2D eigenvalue weighted by Gasteiger charge is -2.11. The third-order valence-corrected chi connectivity index (χ3v) is 6.92. The van der Waals surface area contributed by atoms with E-state index in [4.69, 9.17) is 32.4 Å². The van der Waals surface area contributed by atoms with Crippen LogP contribution in [0.4, 0.5) is 0 Å². The molecule has 0 saturated carbocycles. The van der Waals surface area contributed by atoms with Crippen LogP contribution in [0.2, 0.25) is 10.0 Å². The molecule has 35 heavy (non-hydrogen) atoms. The molecular formula is C25H16BrCl2N3O4. The largest absolute Gasteiger partial charge is 0.503 e. The lowest BCUT2D eigenvalue weighted by Crippen LogP contribution is -2.20. The third-order valence-electron chi connectivity index (χ3n) is 5.24. The third kappa shape index (κ3) is 4.29. The minimum atomic E-state index is -0.383. The molecule has 1 N–H and O–H groups in total. The molecule has 0 unspecified atom stereocenters. The molecule has 0 atom stereocenters. The fraction of sp³-hybridized carbons (Fsp3) is 0.0800. The highest BCUT2D eigenvalue weighted by Crippen LogP contribution is 2.41. The van der Waals surface area contributed by atoms with E-state index in [9.17, 15) is 9.90 Å². The highest BCUT2D eigenvalue weighted by molar-refractivity contribution is 9.10. The lowest BCUT2D eigenvalue weighted by atomic mass is 10.2. The van der Waals surface area contributed by atoms with E-state index in [0.29, 0.717) is 43.9 Å². The second-order valence-electron chi connectivity index (χ2n) is 7.48. The number of hydrogen-bond donors (Lipinski definition) is 1. The van der Waals surface area contributed by atoms with Crippen LogP contribution in [0.3, 0.4) is 0 Å². The van der Waals surface area contributed by atoms with Gasteiger partial charge in [-0.15, -0.1) is 0 Å². The van der Waals surface area contributed by atoms with Gasteiger partial charge in [-0.3, -0.25) is 4.79 Å². The Morgan fingerprint density at radius 2 is 2.00 bits per heavy atom. The molecule has 0 fully saturated rings. The molecule has 0 bridgehead atoms. The number of fused-ring (bicyclic) bond motifs is 2. The van der Waals surface area contributed by atoms with Crippen molar-refractivity contribution in [1.29, 1.82) is 0 Å². The van der Waals surface area contributed by atoms with E-state index in [2.05, 4.69) is 26.0 Å². The van der Waals surface area contributed by atoms with Gasteiger partial charge in [-0.1, -0.05) is 35.3 Å². The van der Waals surface area contributed by atoms with Crippen molar-refractivity contribution in [2.24, 2.45) is 5.10 Å². The van der Waals surface area contributed by atoms with Gasteiger partial charge in [-0.2, -0.15) is 9.78 Å². The normalized spacial score (nSPS) is 11.7. The molecule has 0 aliphatic heterocycles. The molecule has 0 aliphatic rings. The summed E-state index contributed by atoms with van der Waals surface area (Å²) in [6.45, 7) is 2.12. The number of ether oxygens (including phenoxy) is 1. The first-order valence-electron chi connectivity index (χ1n) is 10.5. The smallest absolute Gasteiger partial charge is 0.282 e. The Hall–Kier alpha value is -3.33.